The van der Waals surface area contributed by atoms with Crippen LogP contribution < -0.4 is 11.1 Å². The fourth-order valence-corrected chi connectivity index (χ4v) is 2.66. The zero-order valence-electron chi connectivity index (χ0n) is 14.1. The van der Waals surface area contributed by atoms with Gasteiger partial charge in [0.05, 0.1) is 10.0 Å². The van der Waals surface area contributed by atoms with Gasteiger partial charge in [-0.25, -0.2) is 0 Å². The Morgan fingerprint density at radius 3 is 2.32 bits per heavy atom. The van der Waals surface area contributed by atoms with Crippen LogP contribution >= 0.6 is 23.2 Å². The molecule has 0 saturated heterocycles. The van der Waals surface area contributed by atoms with Gasteiger partial charge in [0.2, 0.25) is 5.91 Å². The van der Waals surface area contributed by atoms with E-state index < -0.39 is 5.91 Å². The van der Waals surface area contributed by atoms with Crippen LogP contribution in [0.4, 0.5) is 0 Å². The molecule has 132 valence electrons. The molecule has 0 radical (unpaired) electrons. The van der Waals surface area contributed by atoms with Crippen LogP contribution in [0.1, 0.15) is 21.5 Å². The molecule has 0 bridgehead atoms. The number of guanidine groups is 1. The Kier molecular flexibility index (Phi) is 6.67. The third-order valence-electron chi connectivity index (χ3n) is 3.67. The zero-order valence-corrected chi connectivity index (χ0v) is 15.6. The molecule has 1 amide bonds. The summed E-state index contributed by atoms with van der Waals surface area (Å²) in [4.78, 5) is 17.4. The van der Waals surface area contributed by atoms with Gasteiger partial charge in [-0.3, -0.25) is 9.79 Å². The predicted molar refractivity (Wildman–Crippen MR) is 103 cm³/mol. The molecule has 0 aromatic heterocycles. The van der Waals surface area contributed by atoms with Gasteiger partial charge in [-0.2, -0.15) is 0 Å². The van der Waals surface area contributed by atoms with Crippen LogP contribution in [-0.2, 0) is 13.1 Å². The number of hydrogen-bond acceptors (Lipinski definition) is 2. The van der Waals surface area contributed by atoms with E-state index in [1.807, 2.05) is 36.2 Å². The highest BCUT2D eigenvalue weighted by Crippen LogP contribution is 2.23. The number of carbonyl (C=O) groups is 1. The molecule has 0 spiro atoms. The molecule has 3 N–H and O–H groups in total. The highest BCUT2D eigenvalue weighted by Gasteiger charge is 2.08. The van der Waals surface area contributed by atoms with Crippen molar-refractivity contribution in [3.63, 3.8) is 0 Å². The normalized spacial score (nSPS) is 11.3. The highest BCUT2D eigenvalue weighted by molar-refractivity contribution is 6.42. The van der Waals surface area contributed by atoms with E-state index in [2.05, 4.69) is 10.3 Å². The number of benzene rings is 2. The van der Waals surface area contributed by atoms with E-state index in [-0.39, 0.29) is 0 Å². The fraction of sp³-hybridized carbons (Fsp3) is 0.222. The molecule has 0 aliphatic rings. The van der Waals surface area contributed by atoms with E-state index >= 15 is 0 Å². The van der Waals surface area contributed by atoms with Crippen molar-refractivity contribution in [2.24, 2.45) is 10.7 Å². The number of nitrogens with one attached hydrogen (secondary N) is 1. The minimum absolute atomic E-state index is 0.434. The number of carbonyl (C=O) groups excluding carboxylic acids is 1. The summed E-state index contributed by atoms with van der Waals surface area (Å²) in [6.07, 6.45) is 0. The van der Waals surface area contributed by atoms with Gasteiger partial charge in [-0.1, -0.05) is 41.4 Å². The maximum absolute atomic E-state index is 11.1. The average molecular weight is 379 g/mol. The lowest BCUT2D eigenvalue weighted by Crippen LogP contribution is -2.38. The summed E-state index contributed by atoms with van der Waals surface area (Å²) in [5.74, 6) is 0.307. The zero-order chi connectivity index (χ0) is 18.4. The van der Waals surface area contributed by atoms with E-state index in [9.17, 15) is 4.79 Å². The van der Waals surface area contributed by atoms with Gasteiger partial charge in [-0.15, -0.1) is 0 Å². The second-order valence-electron chi connectivity index (χ2n) is 5.57. The number of nitrogens with zero attached hydrogens (tertiary/aromatic N) is 2. The van der Waals surface area contributed by atoms with Crippen molar-refractivity contribution >= 4 is 35.1 Å². The Hall–Kier alpha value is -2.24. The lowest BCUT2D eigenvalue weighted by atomic mass is 10.1. The molecule has 2 rings (SSSR count). The number of nitrogens with two attached hydrogens (primary N) is 1. The molecular formula is C18H20Cl2N4O. The molecule has 0 atom stereocenters. The van der Waals surface area contributed by atoms with Gasteiger partial charge in [0, 0.05) is 32.7 Å². The minimum atomic E-state index is -0.434. The van der Waals surface area contributed by atoms with Crippen LogP contribution in [-0.4, -0.2) is 30.9 Å². The van der Waals surface area contributed by atoms with Crippen LogP contribution in [0, 0.1) is 0 Å². The van der Waals surface area contributed by atoms with Gasteiger partial charge >= 0.3 is 0 Å². The van der Waals surface area contributed by atoms with E-state index in [1.165, 1.54) is 0 Å². The molecule has 0 aliphatic carbocycles. The average Bonchev–Trinajstić information content (AvgIpc) is 2.59. The second kappa shape index (κ2) is 8.74. The quantitative estimate of drug-likeness (QED) is 0.619. The monoisotopic (exact) mass is 378 g/mol. The highest BCUT2D eigenvalue weighted by atomic mass is 35.5. The molecule has 2 aromatic carbocycles. The van der Waals surface area contributed by atoms with Crippen LogP contribution in [0.25, 0.3) is 0 Å². The second-order valence-corrected chi connectivity index (χ2v) is 6.38. The molecule has 5 nitrogen and oxygen atoms in total. The summed E-state index contributed by atoms with van der Waals surface area (Å²) in [5.41, 5.74) is 7.79. The van der Waals surface area contributed by atoms with Gasteiger partial charge in [0.1, 0.15) is 0 Å². The van der Waals surface area contributed by atoms with Crippen LogP contribution in [0.2, 0.25) is 10.0 Å². The molecule has 0 aliphatic heterocycles. The third-order valence-corrected chi connectivity index (χ3v) is 4.41. The molecule has 2 aromatic rings. The van der Waals surface area contributed by atoms with Crippen molar-refractivity contribution in [3.8, 4) is 0 Å². The molecule has 25 heavy (non-hydrogen) atoms. The molecule has 7 heteroatoms. The Labute approximate surface area is 157 Å². The van der Waals surface area contributed by atoms with Crippen molar-refractivity contribution in [3.05, 3.63) is 69.2 Å². The first-order valence-electron chi connectivity index (χ1n) is 7.65. The van der Waals surface area contributed by atoms with Gasteiger partial charge in [0.25, 0.3) is 0 Å². The van der Waals surface area contributed by atoms with Crippen LogP contribution in [0.15, 0.2) is 47.5 Å². The van der Waals surface area contributed by atoms with Gasteiger partial charge in [-0.05, 0) is 35.4 Å². The molecular weight excluding hydrogens is 359 g/mol. The van der Waals surface area contributed by atoms with E-state index in [0.29, 0.717) is 28.7 Å². The Morgan fingerprint density at radius 2 is 1.76 bits per heavy atom. The molecule has 0 heterocycles. The molecule has 0 unspecified atom stereocenters. The van der Waals surface area contributed by atoms with Crippen molar-refractivity contribution in [1.82, 2.24) is 10.2 Å². The molecule has 0 saturated carbocycles. The maximum Gasteiger partial charge on any atom is 0.248 e. The van der Waals surface area contributed by atoms with Crippen molar-refractivity contribution < 1.29 is 4.79 Å². The lowest BCUT2D eigenvalue weighted by Gasteiger charge is -2.22. The predicted octanol–water partition coefficient (Wildman–Crippen LogP) is 3.30. The topological polar surface area (TPSA) is 70.7 Å². The van der Waals surface area contributed by atoms with Gasteiger partial charge < -0.3 is 16.0 Å². The SMILES string of the molecule is CN=C(NCc1ccc(C(N)=O)cc1)N(C)Cc1ccc(Cl)c(Cl)c1. The summed E-state index contributed by atoms with van der Waals surface area (Å²) in [5, 5.41) is 4.35. The van der Waals surface area contributed by atoms with E-state index in [1.54, 1.807) is 25.2 Å². The Balaban J connectivity index is 1.96. The number of hydrogen-bond donors (Lipinski definition) is 2. The third kappa shape index (κ3) is 5.37. The van der Waals surface area contributed by atoms with E-state index in [0.717, 1.165) is 17.1 Å². The summed E-state index contributed by atoms with van der Waals surface area (Å²) in [6, 6.07) is 12.7. The molecule has 0 fully saturated rings. The lowest BCUT2D eigenvalue weighted by molar-refractivity contribution is 0.100. The first-order chi connectivity index (χ1) is 11.9. The number of primary amides is 1. The fourth-order valence-electron chi connectivity index (χ4n) is 2.34. The van der Waals surface area contributed by atoms with Crippen molar-refractivity contribution in [2.45, 2.75) is 13.1 Å². The van der Waals surface area contributed by atoms with Crippen LogP contribution in [0.3, 0.4) is 0 Å². The maximum atomic E-state index is 11.1. The number of amides is 1. The first kappa shape index (κ1) is 19.1. The number of aliphatic imine (C=N–C) groups is 1. The Morgan fingerprint density at radius 1 is 1.12 bits per heavy atom. The number of rotatable bonds is 5. The van der Waals surface area contributed by atoms with Crippen molar-refractivity contribution in [2.75, 3.05) is 14.1 Å². The van der Waals surface area contributed by atoms with Crippen molar-refractivity contribution in [1.29, 1.82) is 0 Å². The first-order valence-corrected chi connectivity index (χ1v) is 8.40. The summed E-state index contributed by atoms with van der Waals surface area (Å²) in [7, 11) is 3.66. The minimum Gasteiger partial charge on any atom is -0.366 e. The van der Waals surface area contributed by atoms with Gasteiger partial charge in [0.15, 0.2) is 5.96 Å². The van der Waals surface area contributed by atoms with Crippen LogP contribution in [0.5, 0.6) is 0 Å². The smallest absolute Gasteiger partial charge is 0.248 e. The largest absolute Gasteiger partial charge is 0.366 e. The standard InChI is InChI=1S/C18H20Cl2N4O/c1-22-18(23-10-12-3-6-14(7-4-12)17(21)25)24(2)11-13-5-8-15(19)16(20)9-13/h3-9H,10-11H2,1-2H3,(H2,21,25)(H,22,23). The summed E-state index contributed by atoms with van der Waals surface area (Å²) < 4.78 is 0. The number of halogens is 2. The summed E-state index contributed by atoms with van der Waals surface area (Å²) in [6.45, 7) is 1.22. The Bertz CT molecular complexity index is 775. The van der Waals surface area contributed by atoms with E-state index in [4.69, 9.17) is 28.9 Å². The summed E-state index contributed by atoms with van der Waals surface area (Å²) >= 11 is 12.0.